The Morgan fingerprint density at radius 3 is 2.15 bits per heavy atom. The predicted molar refractivity (Wildman–Crippen MR) is 103 cm³/mol. The van der Waals surface area contributed by atoms with E-state index in [9.17, 15) is 9.59 Å². The predicted octanol–water partition coefficient (Wildman–Crippen LogP) is 1.56. The van der Waals surface area contributed by atoms with Crippen LogP contribution in [-0.4, -0.2) is 78.9 Å². The molecular weight excluding hydrogens is 328 g/mol. The van der Waals surface area contributed by atoms with E-state index in [0.717, 1.165) is 63.4 Å². The summed E-state index contributed by atoms with van der Waals surface area (Å²) in [7, 11) is 0. The molecule has 2 amide bonds. The Kier molecular flexibility index (Phi) is 6.63. The van der Waals surface area contributed by atoms with Crippen LogP contribution in [0.15, 0.2) is 24.3 Å². The van der Waals surface area contributed by atoms with Crippen LogP contribution in [0.4, 0.5) is 5.69 Å². The molecule has 6 nitrogen and oxygen atoms in total. The summed E-state index contributed by atoms with van der Waals surface area (Å²) in [4.78, 5) is 31.0. The highest BCUT2D eigenvalue weighted by Crippen LogP contribution is 2.13. The number of hydrogen-bond acceptors (Lipinski definition) is 4. The zero-order valence-corrected chi connectivity index (χ0v) is 15.7. The third-order valence-electron chi connectivity index (χ3n) is 5.32. The van der Waals surface area contributed by atoms with Crippen LogP contribution in [-0.2, 0) is 9.59 Å². The number of nitrogens with one attached hydrogen (secondary N) is 1. The van der Waals surface area contributed by atoms with Gasteiger partial charge in [-0.2, -0.15) is 0 Å². The molecule has 0 bridgehead atoms. The van der Waals surface area contributed by atoms with Crippen molar-refractivity contribution in [2.75, 3.05) is 57.7 Å². The summed E-state index contributed by atoms with van der Waals surface area (Å²) >= 11 is 0. The summed E-state index contributed by atoms with van der Waals surface area (Å²) in [6.07, 6.45) is 3.51. The van der Waals surface area contributed by atoms with Crippen molar-refractivity contribution in [2.24, 2.45) is 0 Å². The van der Waals surface area contributed by atoms with Crippen molar-refractivity contribution in [1.82, 2.24) is 14.7 Å². The molecule has 2 fully saturated rings. The Hall–Kier alpha value is -1.92. The van der Waals surface area contributed by atoms with Crippen LogP contribution in [0.3, 0.4) is 0 Å². The van der Waals surface area contributed by atoms with Crippen molar-refractivity contribution in [3.63, 3.8) is 0 Å². The van der Waals surface area contributed by atoms with Gasteiger partial charge >= 0.3 is 0 Å². The summed E-state index contributed by atoms with van der Waals surface area (Å²) in [5, 5.41) is 2.99. The van der Waals surface area contributed by atoms with Crippen molar-refractivity contribution >= 4 is 17.5 Å². The molecule has 0 unspecified atom stereocenters. The molecule has 1 aromatic rings. The van der Waals surface area contributed by atoms with Crippen molar-refractivity contribution in [1.29, 1.82) is 0 Å². The van der Waals surface area contributed by atoms with Gasteiger partial charge in [0, 0.05) is 45.0 Å². The number of piperazine rings is 1. The molecule has 3 rings (SSSR count). The number of amides is 2. The number of nitrogens with zero attached hydrogens (tertiary/aromatic N) is 3. The van der Waals surface area contributed by atoms with Gasteiger partial charge in [0.1, 0.15) is 0 Å². The molecule has 0 saturated carbocycles. The lowest BCUT2D eigenvalue weighted by Crippen LogP contribution is -2.51. The highest BCUT2D eigenvalue weighted by molar-refractivity contribution is 5.92. The number of piperidine rings is 1. The van der Waals surface area contributed by atoms with Gasteiger partial charge < -0.3 is 10.2 Å². The zero-order valence-electron chi connectivity index (χ0n) is 15.7. The minimum Gasteiger partial charge on any atom is -0.342 e. The Balaban J connectivity index is 1.38. The summed E-state index contributed by atoms with van der Waals surface area (Å²) in [6, 6.07) is 7.82. The van der Waals surface area contributed by atoms with Crippen molar-refractivity contribution in [3.8, 4) is 0 Å². The number of benzene rings is 1. The summed E-state index contributed by atoms with van der Waals surface area (Å²) in [6.45, 7) is 8.09. The van der Waals surface area contributed by atoms with Gasteiger partial charge in [-0.25, -0.2) is 0 Å². The van der Waals surface area contributed by atoms with Crippen molar-refractivity contribution in [3.05, 3.63) is 29.8 Å². The average Bonchev–Trinajstić information content (AvgIpc) is 2.66. The smallest absolute Gasteiger partial charge is 0.238 e. The average molecular weight is 358 g/mol. The third kappa shape index (κ3) is 5.29. The molecule has 0 aromatic heterocycles. The van der Waals surface area contributed by atoms with Gasteiger partial charge in [-0.3, -0.25) is 19.4 Å². The number of aryl methyl sites for hydroxylation is 1. The minimum atomic E-state index is 0.0251. The van der Waals surface area contributed by atoms with E-state index in [1.807, 2.05) is 36.1 Å². The first-order valence-electron chi connectivity index (χ1n) is 9.70. The lowest BCUT2D eigenvalue weighted by molar-refractivity contribution is -0.134. The van der Waals surface area contributed by atoms with Gasteiger partial charge in [-0.05, 0) is 37.8 Å². The van der Waals surface area contributed by atoms with Crippen LogP contribution in [0.25, 0.3) is 0 Å². The SMILES string of the molecule is Cc1ccccc1NC(=O)CN1CCN(CC(=O)N2CCCCC2)CC1. The molecule has 2 heterocycles. The van der Waals surface area contributed by atoms with Gasteiger partial charge in [-0.15, -0.1) is 0 Å². The second-order valence-corrected chi connectivity index (χ2v) is 7.36. The topological polar surface area (TPSA) is 55.9 Å². The van der Waals surface area contributed by atoms with Crippen LogP contribution in [0.1, 0.15) is 24.8 Å². The normalized spacial score (nSPS) is 19.3. The number of hydrogen-bond donors (Lipinski definition) is 1. The first-order valence-corrected chi connectivity index (χ1v) is 9.70. The Bertz CT molecular complexity index is 620. The van der Waals surface area contributed by atoms with E-state index < -0.39 is 0 Å². The zero-order chi connectivity index (χ0) is 18.4. The van der Waals surface area contributed by atoms with Crippen molar-refractivity contribution < 1.29 is 9.59 Å². The highest BCUT2D eigenvalue weighted by atomic mass is 16.2. The van der Waals surface area contributed by atoms with Crippen LogP contribution >= 0.6 is 0 Å². The van der Waals surface area contributed by atoms with E-state index in [1.54, 1.807) is 0 Å². The summed E-state index contributed by atoms with van der Waals surface area (Å²) < 4.78 is 0. The molecule has 1 aromatic carbocycles. The van der Waals surface area contributed by atoms with Gasteiger partial charge in [-0.1, -0.05) is 18.2 Å². The summed E-state index contributed by atoms with van der Waals surface area (Å²) in [5.41, 5.74) is 1.95. The molecule has 0 atom stereocenters. The minimum absolute atomic E-state index is 0.0251. The lowest BCUT2D eigenvalue weighted by atomic mass is 10.1. The fourth-order valence-electron chi connectivity index (χ4n) is 3.65. The number of rotatable bonds is 5. The number of para-hydroxylation sites is 1. The van der Waals surface area contributed by atoms with Gasteiger partial charge in [0.15, 0.2) is 0 Å². The van der Waals surface area contributed by atoms with E-state index >= 15 is 0 Å². The molecule has 0 spiro atoms. The van der Waals surface area contributed by atoms with E-state index in [4.69, 9.17) is 0 Å². The first kappa shape index (κ1) is 18.9. The maximum atomic E-state index is 12.4. The fraction of sp³-hybridized carbons (Fsp3) is 0.600. The molecule has 142 valence electrons. The van der Waals surface area contributed by atoms with E-state index in [1.165, 1.54) is 6.42 Å². The van der Waals surface area contributed by atoms with E-state index in [-0.39, 0.29) is 11.8 Å². The Morgan fingerprint density at radius 1 is 0.885 bits per heavy atom. The molecule has 0 aliphatic carbocycles. The molecule has 2 saturated heterocycles. The Labute approximate surface area is 156 Å². The number of carbonyl (C=O) groups is 2. The second kappa shape index (κ2) is 9.14. The maximum absolute atomic E-state index is 12.4. The highest BCUT2D eigenvalue weighted by Gasteiger charge is 2.23. The molecule has 26 heavy (non-hydrogen) atoms. The summed E-state index contributed by atoms with van der Waals surface area (Å²) in [5.74, 6) is 0.285. The third-order valence-corrected chi connectivity index (χ3v) is 5.32. The standard InChI is InChI=1S/C20H30N4O2/c1-17-7-3-4-8-18(17)21-19(25)15-22-11-13-23(14-12-22)16-20(26)24-9-5-2-6-10-24/h3-4,7-8H,2,5-6,9-16H2,1H3,(H,21,25). The molecule has 6 heteroatoms. The van der Waals surface area contributed by atoms with E-state index in [2.05, 4.69) is 15.1 Å². The number of carbonyl (C=O) groups excluding carboxylic acids is 2. The number of anilines is 1. The van der Waals surface area contributed by atoms with Gasteiger partial charge in [0.2, 0.25) is 11.8 Å². The van der Waals surface area contributed by atoms with E-state index in [0.29, 0.717) is 13.1 Å². The Morgan fingerprint density at radius 2 is 1.50 bits per heavy atom. The second-order valence-electron chi connectivity index (χ2n) is 7.36. The largest absolute Gasteiger partial charge is 0.342 e. The lowest BCUT2D eigenvalue weighted by Gasteiger charge is -2.35. The quantitative estimate of drug-likeness (QED) is 0.868. The maximum Gasteiger partial charge on any atom is 0.238 e. The van der Waals surface area contributed by atoms with Crippen LogP contribution in [0.5, 0.6) is 0 Å². The van der Waals surface area contributed by atoms with Gasteiger partial charge in [0.25, 0.3) is 0 Å². The molecule has 2 aliphatic heterocycles. The molecular formula is C20H30N4O2. The van der Waals surface area contributed by atoms with Crippen LogP contribution < -0.4 is 5.32 Å². The first-order chi connectivity index (χ1) is 12.6. The molecule has 0 radical (unpaired) electrons. The van der Waals surface area contributed by atoms with Gasteiger partial charge in [0.05, 0.1) is 13.1 Å². The van der Waals surface area contributed by atoms with Crippen LogP contribution in [0.2, 0.25) is 0 Å². The van der Waals surface area contributed by atoms with Crippen LogP contribution in [0, 0.1) is 6.92 Å². The monoisotopic (exact) mass is 358 g/mol. The fourth-order valence-corrected chi connectivity index (χ4v) is 3.65. The molecule has 2 aliphatic rings. The number of likely N-dealkylation sites (tertiary alicyclic amines) is 1. The molecule has 1 N–H and O–H groups in total. The van der Waals surface area contributed by atoms with Crippen molar-refractivity contribution in [2.45, 2.75) is 26.2 Å².